The van der Waals surface area contributed by atoms with Gasteiger partial charge in [-0.1, -0.05) is 0 Å². The van der Waals surface area contributed by atoms with E-state index in [0.717, 1.165) is 5.56 Å². The lowest BCUT2D eigenvalue weighted by Gasteiger charge is -2.11. The summed E-state index contributed by atoms with van der Waals surface area (Å²) < 4.78 is 8.84. The van der Waals surface area contributed by atoms with Crippen molar-refractivity contribution in [2.24, 2.45) is 7.05 Å². The van der Waals surface area contributed by atoms with Crippen LogP contribution in [0.2, 0.25) is 0 Å². The summed E-state index contributed by atoms with van der Waals surface area (Å²) in [5.74, 6) is -0.348. The predicted molar refractivity (Wildman–Crippen MR) is 76.4 cm³/mol. The Morgan fingerprint density at radius 3 is 2.80 bits per heavy atom. The molecule has 0 aliphatic carbocycles. The Labute approximate surface area is 118 Å². The summed E-state index contributed by atoms with van der Waals surface area (Å²) in [5, 5.41) is 4.07. The van der Waals surface area contributed by atoms with Gasteiger partial charge in [-0.3, -0.25) is 4.68 Å². The molecule has 0 aromatic carbocycles. The minimum Gasteiger partial charge on any atom is -0.461 e. The van der Waals surface area contributed by atoms with Crippen LogP contribution in [-0.2, 0) is 18.2 Å². The predicted octanol–water partition coefficient (Wildman–Crippen LogP) is 1.78. The Bertz CT molecular complexity index is 598. The maximum atomic E-state index is 12.1. The second kappa shape index (κ2) is 5.81. The van der Waals surface area contributed by atoms with E-state index in [9.17, 15) is 4.79 Å². The Kier molecular flexibility index (Phi) is 4.12. The smallest absolute Gasteiger partial charge is 0.355 e. The van der Waals surface area contributed by atoms with E-state index in [1.54, 1.807) is 23.1 Å². The topological polar surface area (TPSA) is 75.1 Å². The van der Waals surface area contributed by atoms with Crippen molar-refractivity contribution in [2.75, 3.05) is 12.3 Å². The molecule has 0 saturated heterocycles. The van der Waals surface area contributed by atoms with Crippen LogP contribution in [0.1, 0.15) is 35.9 Å². The first-order valence-corrected chi connectivity index (χ1v) is 6.59. The molecule has 108 valence electrons. The van der Waals surface area contributed by atoms with Gasteiger partial charge in [0.2, 0.25) is 0 Å². The molecule has 0 spiro atoms. The molecule has 0 unspecified atom stereocenters. The van der Waals surface area contributed by atoms with E-state index >= 15 is 0 Å². The number of nitrogens with two attached hydrogens (primary N) is 1. The number of aryl methyl sites for hydroxylation is 1. The van der Waals surface area contributed by atoms with E-state index < -0.39 is 0 Å². The number of hydrogen-bond donors (Lipinski definition) is 1. The summed E-state index contributed by atoms with van der Waals surface area (Å²) in [4.78, 5) is 12.1. The Hall–Kier alpha value is -2.24. The van der Waals surface area contributed by atoms with Crippen molar-refractivity contribution in [2.45, 2.75) is 26.3 Å². The molecule has 2 aromatic rings. The molecule has 0 aliphatic rings. The molecule has 0 aliphatic heterocycles. The Morgan fingerprint density at radius 2 is 2.20 bits per heavy atom. The lowest BCUT2D eigenvalue weighted by atomic mass is 10.3. The van der Waals surface area contributed by atoms with Gasteiger partial charge in [0.1, 0.15) is 5.69 Å². The molecule has 20 heavy (non-hydrogen) atoms. The fraction of sp³-hybridized carbons (Fsp3) is 0.429. The second-order valence-corrected chi connectivity index (χ2v) is 5.07. The highest BCUT2D eigenvalue weighted by Gasteiger charge is 2.16. The summed E-state index contributed by atoms with van der Waals surface area (Å²) in [7, 11) is 1.85. The zero-order chi connectivity index (χ0) is 14.7. The summed E-state index contributed by atoms with van der Waals surface area (Å²) >= 11 is 0. The first kappa shape index (κ1) is 14.2. The summed E-state index contributed by atoms with van der Waals surface area (Å²) in [6, 6.07) is 1.81. The monoisotopic (exact) mass is 276 g/mol. The van der Waals surface area contributed by atoms with Crippen LogP contribution >= 0.6 is 0 Å². The molecule has 6 nitrogen and oxygen atoms in total. The SMILES string of the molecule is CC(C)n1cc(N)cc1C(=O)OCCc1cnn(C)c1. The molecule has 2 rings (SSSR count). The normalized spacial score (nSPS) is 11.0. The number of carbonyl (C=O) groups excluding carboxylic acids is 1. The Morgan fingerprint density at radius 1 is 1.45 bits per heavy atom. The lowest BCUT2D eigenvalue weighted by molar-refractivity contribution is 0.0495. The van der Waals surface area contributed by atoms with Gasteiger partial charge in [-0.05, 0) is 25.5 Å². The van der Waals surface area contributed by atoms with E-state index in [4.69, 9.17) is 10.5 Å². The molecule has 0 saturated carbocycles. The van der Waals surface area contributed by atoms with E-state index in [-0.39, 0.29) is 12.0 Å². The maximum Gasteiger partial charge on any atom is 0.355 e. The molecular weight excluding hydrogens is 256 g/mol. The molecule has 2 aromatic heterocycles. The van der Waals surface area contributed by atoms with E-state index in [0.29, 0.717) is 24.4 Å². The molecule has 0 bridgehead atoms. The van der Waals surface area contributed by atoms with Crippen molar-refractivity contribution in [3.05, 3.63) is 35.9 Å². The van der Waals surface area contributed by atoms with E-state index in [1.807, 2.05) is 31.7 Å². The molecule has 0 radical (unpaired) electrons. The quantitative estimate of drug-likeness (QED) is 0.845. The van der Waals surface area contributed by atoms with Crippen molar-refractivity contribution in [1.82, 2.24) is 14.3 Å². The average molecular weight is 276 g/mol. The summed E-state index contributed by atoms with van der Waals surface area (Å²) in [6.07, 6.45) is 6.07. The first-order chi connectivity index (χ1) is 9.47. The number of esters is 1. The molecule has 6 heteroatoms. The minimum absolute atomic E-state index is 0.160. The molecule has 2 N–H and O–H groups in total. The van der Waals surface area contributed by atoms with Crippen LogP contribution in [0.3, 0.4) is 0 Å². The molecule has 0 amide bonds. The van der Waals surface area contributed by atoms with Crippen LogP contribution in [0.4, 0.5) is 5.69 Å². The fourth-order valence-electron chi connectivity index (χ4n) is 2.03. The van der Waals surface area contributed by atoms with Gasteiger partial charge in [-0.2, -0.15) is 5.10 Å². The van der Waals surface area contributed by atoms with Gasteiger partial charge < -0.3 is 15.0 Å². The van der Waals surface area contributed by atoms with Gasteiger partial charge in [0.25, 0.3) is 0 Å². The fourth-order valence-corrected chi connectivity index (χ4v) is 2.03. The molecule has 0 atom stereocenters. The third kappa shape index (κ3) is 3.20. The van der Waals surface area contributed by atoms with Crippen LogP contribution in [0.25, 0.3) is 0 Å². The minimum atomic E-state index is -0.348. The average Bonchev–Trinajstić information content (AvgIpc) is 2.95. The Balaban J connectivity index is 1.95. The van der Waals surface area contributed by atoms with Crippen LogP contribution in [0.5, 0.6) is 0 Å². The van der Waals surface area contributed by atoms with Crippen molar-refractivity contribution < 1.29 is 9.53 Å². The maximum absolute atomic E-state index is 12.1. The molecule has 0 fully saturated rings. The zero-order valence-electron chi connectivity index (χ0n) is 12.0. The lowest BCUT2D eigenvalue weighted by Crippen LogP contribution is -2.14. The molecular formula is C14H20N4O2. The number of rotatable bonds is 5. The van der Waals surface area contributed by atoms with E-state index in [1.165, 1.54) is 0 Å². The largest absolute Gasteiger partial charge is 0.461 e. The van der Waals surface area contributed by atoms with Crippen LogP contribution < -0.4 is 5.73 Å². The third-order valence-corrected chi connectivity index (χ3v) is 3.02. The van der Waals surface area contributed by atoms with Crippen molar-refractivity contribution in [3.8, 4) is 0 Å². The van der Waals surface area contributed by atoms with Gasteiger partial charge in [0, 0.05) is 31.9 Å². The van der Waals surface area contributed by atoms with Crippen LogP contribution in [0.15, 0.2) is 24.7 Å². The first-order valence-electron chi connectivity index (χ1n) is 6.59. The van der Waals surface area contributed by atoms with Gasteiger partial charge in [-0.15, -0.1) is 0 Å². The number of ether oxygens (including phenoxy) is 1. The number of hydrogen-bond acceptors (Lipinski definition) is 4. The van der Waals surface area contributed by atoms with Gasteiger partial charge in [-0.25, -0.2) is 4.79 Å². The highest BCUT2D eigenvalue weighted by atomic mass is 16.5. The number of nitrogen functional groups attached to an aromatic ring is 1. The van der Waals surface area contributed by atoms with Crippen molar-refractivity contribution >= 4 is 11.7 Å². The number of anilines is 1. The van der Waals surface area contributed by atoms with Gasteiger partial charge >= 0.3 is 5.97 Å². The number of carbonyl (C=O) groups is 1. The van der Waals surface area contributed by atoms with Crippen molar-refractivity contribution in [3.63, 3.8) is 0 Å². The zero-order valence-corrected chi connectivity index (χ0v) is 12.0. The third-order valence-electron chi connectivity index (χ3n) is 3.02. The van der Waals surface area contributed by atoms with Crippen molar-refractivity contribution in [1.29, 1.82) is 0 Å². The van der Waals surface area contributed by atoms with E-state index in [2.05, 4.69) is 5.10 Å². The highest BCUT2D eigenvalue weighted by Crippen LogP contribution is 2.17. The van der Waals surface area contributed by atoms with Gasteiger partial charge in [0.15, 0.2) is 0 Å². The summed E-state index contributed by atoms with van der Waals surface area (Å²) in [5.41, 5.74) is 7.84. The number of nitrogens with zero attached hydrogens (tertiary/aromatic N) is 3. The number of aromatic nitrogens is 3. The van der Waals surface area contributed by atoms with Crippen LogP contribution in [-0.4, -0.2) is 26.9 Å². The molecule has 2 heterocycles. The highest BCUT2D eigenvalue weighted by molar-refractivity contribution is 5.89. The van der Waals surface area contributed by atoms with Gasteiger partial charge in [0.05, 0.1) is 18.5 Å². The van der Waals surface area contributed by atoms with Crippen LogP contribution in [0, 0.1) is 0 Å². The standard InChI is InChI=1S/C14H20N4O2/c1-10(2)18-9-12(15)6-13(18)14(19)20-5-4-11-7-16-17(3)8-11/h6-10H,4-5,15H2,1-3H3. The summed E-state index contributed by atoms with van der Waals surface area (Å²) in [6.45, 7) is 4.31. The second-order valence-electron chi connectivity index (χ2n) is 5.07.